The van der Waals surface area contributed by atoms with Crippen molar-refractivity contribution in [3.05, 3.63) is 70.7 Å². The number of amides is 1. The number of nitrogens with one attached hydrogen (secondary N) is 2. The number of hydrogen-bond acceptors (Lipinski definition) is 1. The van der Waals surface area contributed by atoms with Crippen molar-refractivity contribution in [3.63, 3.8) is 0 Å². The molecule has 4 rings (SSSR count). The minimum Gasteiger partial charge on any atom is -0.358 e. The highest BCUT2D eigenvalue weighted by molar-refractivity contribution is 5.94. The molecular formula is C20H19FN2O. The van der Waals surface area contributed by atoms with Crippen LogP contribution in [0.15, 0.2) is 42.5 Å². The van der Waals surface area contributed by atoms with Gasteiger partial charge >= 0.3 is 0 Å². The Morgan fingerprint density at radius 2 is 2.00 bits per heavy atom. The van der Waals surface area contributed by atoms with E-state index in [1.54, 1.807) is 12.1 Å². The zero-order chi connectivity index (χ0) is 16.7. The van der Waals surface area contributed by atoms with Gasteiger partial charge in [0.05, 0.1) is 0 Å². The summed E-state index contributed by atoms with van der Waals surface area (Å²) in [4.78, 5) is 15.8. The van der Waals surface area contributed by atoms with Crippen LogP contribution in [0.2, 0.25) is 0 Å². The molecule has 1 aliphatic carbocycles. The number of halogens is 1. The van der Waals surface area contributed by atoms with Gasteiger partial charge in [-0.3, -0.25) is 4.79 Å². The molecule has 0 radical (unpaired) electrons. The van der Waals surface area contributed by atoms with Crippen molar-refractivity contribution in [1.82, 2.24) is 10.3 Å². The molecule has 0 bridgehead atoms. The van der Waals surface area contributed by atoms with E-state index in [-0.39, 0.29) is 17.8 Å². The molecule has 2 N–H and O–H groups in total. The highest BCUT2D eigenvalue weighted by atomic mass is 19.1. The third-order valence-electron chi connectivity index (χ3n) is 4.80. The van der Waals surface area contributed by atoms with Crippen molar-refractivity contribution in [2.45, 2.75) is 32.2 Å². The second kappa shape index (κ2) is 5.78. The molecule has 0 saturated heterocycles. The van der Waals surface area contributed by atoms with Crippen molar-refractivity contribution in [2.24, 2.45) is 0 Å². The molecule has 1 aromatic heterocycles. The molecule has 0 aliphatic heterocycles. The van der Waals surface area contributed by atoms with Crippen molar-refractivity contribution in [1.29, 1.82) is 0 Å². The number of carbonyl (C=O) groups excluding carboxylic acids is 1. The summed E-state index contributed by atoms with van der Waals surface area (Å²) in [6.07, 6.45) is 2.49. The van der Waals surface area contributed by atoms with E-state index in [2.05, 4.69) is 10.3 Å². The highest BCUT2D eigenvalue weighted by Gasteiger charge is 2.24. The average molecular weight is 322 g/mol. The van der Waals surface area contributed by atoms with E-state index in [1.807, 2.05) is 31.2 Å². The maximum absolute atomic E-state index is 13.6. The van der Waals surface area contributed by atoms with Gasteiger partial charge in [0.25, 0.3) is 5.91 Å². The van der Waals surface area contributed by atoms with Crippen molar-refractivity contribution >= 4 is 16.8 Å². The first-order chi connectivity index (χ1) is 11.6. The Kier molecular flexibility index (Phi) is 3.60. The Morgan fingerprint density at radius 1 is 1.21 bits per heavy atom. The van der Waals surface area contributed by atoms with Gasteiger partial charge < -0.3 is 10.3 Å². The van der Waals surface area contributed by atoms with Crippen LogP contribution < -0.4 is 5.32 Å². The molecule has 0 spiro atoms. The molecule has 0 saturated carbocycles. The largest absolute Gasteiger partial charge is 0.358 e. The molecule has 4 heteroatoms. The summed E-state index contributed by atoms with van der Waals surface area (Å²) in [6.45, 7) is 2.00. The van der Waals surface area contributed by atoms with Crippen LogP contribution in [-0.2, 0) is 12.8 Å². The maximum Gasteiger partial charge on any atom is 0.251 e. The van der Waals surface area contributed by atoms with Crippen LogP contribution in [0.25, 0.3) is 10.9 Å². The molecule has 122 valence electrons. The fraction of sp³-hybridized carbons (Fsp3) is 0.250. The number of benzene rings is 2. The van der Waals surface area contributed by atoms with E-state index < -0.39 is 0 Å². The normalized spacial score (nSPS) is 16.8. The summed E-state index contributed by atoms with van der Waals surface area (Å²) in [6, 6.07) is 12.5. The maximum atomic E-state index is 13.6. The first kappa shape index (κ1) is 14.9. The lowest BCUT2D eigenvalue weighted by Crippen LogP contribution is -2.38. The van der Waals surface area contributed by atoms with E-state index in [0.717, 1.165) is 47.0 Å². The topological polar surface area (TPSA) is 44.9 Å². The molecule has 1 aliphatic rings. The summed E-state index contributed by atoms with van der Waals surface area (Å²) >= 11 is 0. The molecule has 24 heavy (non-hydrogen) atoms. The smallest absolute Gasteiger partial charge is 0.251 e. The Bertz CT molecular complexity index is 911. The zero-order valence-corrected chi connectivity index (χ0v) is 13.5. The minimum atomic E-state index is -0.227. The Balaban J connectivity index is 1.55. The lowest BCUT2D eigenvalue weighted by molar-refractivity contribution is 0.0933. The van der Waals surface area contributed by atoms with Gasteiger partial charge in [-0.2, -0.15) is 0 Å². The molecule has 2 aromatic carbocycles. The summed E-state index contributed by atoms with van der Waals surface area (Å²) in [7, 11) is 0. The summed E-state index contributed by atoms with van der Waals surface area (Å²) in [5.74, 6) is -0.274. The van der Waals surface area contributed by atoms with E-state index >= 15 is 0 Å². The lowest BCUT2D eigenvalue weighted by atomic mass is 9.91. The molecular weight excluding hydrogens is 303 g/mol. The fourth-order valence-electron chi connectivity index (χ4n) is 3.49. The predicted molar refractivity (Wildman–Crippen MR) is 92.7 cm³/mol. The second-order valence-corrected chi connectivity index (χ2v) is 6.55. The van der Waals surface area contributed by atoms with Gasteiger partial charge in [-0.1, -0.05) is 17.7 Å². The standard InChI is InChI=1S/C20H19FN2O/c1-12-2-4-13(5-3-12)20(24)22-15-7-9-19-17(11-15)16-10-14(21)6-8-18(16)23-19/h2-6,8,10,15,23H,7,9,11H2,1H3,(H,22,24). The van der Waals surface area contributed by atoms with Crippen LogP contribution in [0.4, 0.5) is 4.39 Å². The Labute approximate surface area is 139 Å². The lowest BCUT2D eigenvalue weighted by Gasteiger charge is -2.23. The first-order valence-corrected chi connectivity index (χ1v) is 8.26. The van der Waals surface area contributed by atoms with E-state index in [9.17, 15) is 9.18 Å². The van der Waals surface area contributed by atoms with Crippen LogP contribution in [0.1, 0.15) is 33.6 Å². The third-order valence-corrected chi connectivity index (χ3v) is 4.80. The first-order valence-electron chi connectivity index (χ1n) is 8.26. The number of rotatable bonds is 2. The molecule has 3 aromatic rings. The number of aryl methyl sites for hydroxylation is 2. The number of carbonyl (C=O) groups is 1. The Morgan fingerprint density at radius 3 is 2.79 bits per heavy atom. The monoisotopic (exact) mass is 322 g/mol. The molecule has 1 unspecified atom stereocenters. The van der Waals surface area contributed by atoms with E-state index in [0.29, 0.717) is 5.56 Å². The van der Waals surface area contributed by atoms with Crippen LogP contribution in [0.5, 0.6) is 0 Å². The average Bonchev–Trinajstić information content (AvgIpc) is 2.93. The van der Waals surface area contributed by atoms with Gasteiger partial charge in [-0.15, -0.1) is 0 Å². The third kappa shape index (κ3) is 2.68. The molecule has 3 nitrogen and oxygen atoms in total. The molecule has 0 fully saturated rings. The van der Waals surface area contributed by atoms with Crippen LogP contribution >= 0.6 is 0 Å². The van der Waals surface area contributed by atoms with Crippen molar-refractivity contribution < 1.29 is 9.18 Å². The van der Waals surface area contributed by atoms with Gasteiger partial charge in [0.1, 0.15) is 5.82 Å². The van der Waals surface area contributed by atoms with E-state index in [4.69, 9.17) is 0 Å². The van der Waals surface area contributed by atoms with Gasteiger partial charge in [0, 0.05) is 28.2 Å². The van der Waals surface area contributed by atoms with Gasteiger partial charge in [0.15, 0.2) is 0 Å². The van der Waals surface area contributed by atoms with Gasteiger partial charge in [0.2, 0.25) is 0 Å². The molecule has 1 amide bonds. The number of H-pyrrole nitrogens is 1. The summed E-state index contributed by atoms with van der Waals surface area (Å²) < 4.78 is 13.6. The molecule has 1 heterocycles. The van der Waals surface area contributed by atoms with Crippen LogP contribution in [-0.4, -0.2) is 16.9 Å². The van der Waals surface area contributed by atoms with E-state index in [1.165, 1.54) is 6.07 Å². The SMILES string of the molecule is Cc1ccc(C(=O)NC2CCc3[nH]c4ccc(F)cc4c3C2)cc1. The summed E-state index contributed by atoms with van der Waals surface area (Å²) in [5.41, 5.74) is 5.07. The number of fused-ring (bicyclic) bond motifs is 3. The number of aromatic amines is 1. The molecule has 1 atom stereocenters. The van der Waals surface area contributed by atoms with Crippen LogP contribution in [0, 0.1) is 12.7 Å². The fourth-order valence-corrected chi connectivity index (χ4v) is 3.49. The second-order valence-electron chi connectivity index (χ2n) is 6.55. The predicted octanol–water partition coefficient (Wildman–Crippen LogP) is 3.90. The minimum absolute atomic E-state index is 0.0468. The Hall–Kier alpha value is -2.62. The zero-order valence-electron chi connectivity index (χ0n) is 13.5. The van der Waals surface area contributed by atoms with Crippen molar-refractivity contribution in [2.75, 3.05) is 0 Å². The number of hydrogen-bond donors (Lipinski definition) is 2. The van der Waals surface area contributed by atoms with Crippen molar-refractivity contribution in [3.8, 4) is 0 Å². The summed E-state index contributed by atoms with van der Waals surface area (Å²) in [5, 5.41) is 4.05. The van der Waals surface area contributed by atoms with Crippen LogP contribution in [0.3, 0.4) is 0 Å². The quantitative estimate of drug-likeness (QED) is 0.738. The van der Waals surface area contributed by atoms with Gasteiger partial charge in [-0.25, -0.2) is 4.39 Å². The van der Waals surface area contributed by atoms with Gasteiger partial charge in [-0.05, 0) is 62.1 Å². The highest BCUT2D eigenvalue weighted by Crippen LogP contribution is 2.29. The number of aromatic nitrogens is 1.